The summed E-state index contributed by atoms with van der Waals surface area (Å²) in [5, 5.41) is 3.30. The van der Waals surface area contributed by atoms with Gasteiger partial charge in [-0.1, -0.05) is 30.4 Å². The largest absolute Gasteiger partial charge is 0.498 e. The summed E-state index contributed by atoms with van der Waals surface area (Å²) in [6.45, 7) is 2.22. The smallest absolute Gasteiger partial charge is 0.230 e. The van der Waals surface area contributed by atoms with Gasteiger partial charge in [0.2, 0.25) is 5.91 Å². The highest BCUT2D eigenvalue weighted by molar-refractivity contribution is 5.82. The lowest BCUT2D eigenvalue weighted by atomic mass is 9.91. The number of amides is 1. The van der Waals surface area contributed by atoms with Crippen LogP contribution >= 0.6 is 0 Å². The van der Waals surface area contributed by atoms with E-state index in [4.69, 9.17) is 9.47 Å². The van der Waals surface area contributed by atoms with Crippen molar-refractivity contribution in [1.29, 1.82) is 0 Å². The Balaban J connectivity index is 1.30. The zero-order valence-electron chi connectivity index (χ0n) is 17.0. The van der Waals surface area contributed by atoms with Crippen molar-refractivity contribution >= 4 is 5.91 Å². The average Bonchev–Trinajstić information content (AvgIpc) is 3.46. The van der Waals surface area contributed by atoms with Crippen molar-refractivity contribution in [2.45, 2.75) is 50.7 Å². The summed E-state index contributed by atoms with van der Waals surface area (Å²) in [4.78, 5) is 15.5. The Morgan fingerprint density at radius 1 is 1.25 bits per heavy atom. The number of carbonyl (C=O) groups excluding carboxylic acids is 1. The molecule has 1 spiro atoms. The molecule has 2 fully saturated rings. The Bertz CT molecular complexity index is 713. The van der Waals surface area contributed by atoms with E-state index in [2.05, 4.69) is 28.4 Å². The molecule has 1 saturated heterocycles. The fraction of sp³-hybridized carbons (Fsp3) is 0.609. The summed E-state index contributed by atoms with van der Waals surface area (Å²) in [6.07, 6.45) is 19.1. The van der Waals surface area contributed by atoms with Crippen LogP contribution in [0.2, 0.25) is 0 Å². The number of nitrogens with one attached hydrogen (secondary N) is 1. The van der Waals surface area contributed by atoms with E-state index in [0.717, 1.165) is 38.8 Å². The number of hydrogen-bond acceptors (Lipinski definition) is 4. The highest BCUT2D eigenvalue weighted by Crippen LogP contribution is 2.54. The maximum absolute atomic E-state index is 12.9. The second-order valence-electron chi connectivity index (χ2n) is 8.40. The van der Waals surface area contributed by atoms with E-state index in [1.165, 1.54) is 18.5 Å². The van der Waals surface area contributed by atoms with E-state index in [0.29, 0.717) is 17.2 Å². The maximum Gasteiger partial charge on any atom is 0.230 e. The van der Waals surface area contributed by atoms with E-state index in [9.17, 15) is 4.79 Å². The molecule has 1 heterocycles. The summed E-state index contributed by atoms with van der Waals surface area (Å²) >= 11 is 0. The fourth-order valence-electron chi connectivity index (χ4n) is 4.96. The maximum atomic E-state index is 12.9. The van der Waals surface area contributed by atoms with Crippen LogP contribution in [0.4, 0.5) is 0 Å². The predicted molar refractivity (Wildman–Crippen MR) is 109 cm³/mol. The van der Waals surface area contributed by atoms with Gasteiger partial charge in [-0.05, 0) is 50.0 Å². The molecule has 0 aromatic carbocycles. The van der Waals surface area contributed by atoms with Gasteiger partial charge in [-0.25, -0.2) is 0 Å². The van der Waals surface area contributed by atoms with Gasteiger partial charge in [0, 0.05) is 31.9 Å². The van der Waals surface area contributed by atoms with Crippen LogP contribution in [0.25, 0.3) is 0 Å². The lowest BCUT2D eigenvalue weighted by Crippen LogP contribution is -2.43. The molecule has 4 rings (SSSR count). The summed E-state index contributed by atoms with van der Waals surface area (Å²) in [6, 6.07) is 0.301. The van der Waals surface area contributed by atoms with E-state index in [1.54, 1.807) is 14.2 Å². The molecule has 0 aromatic rings. The van der Waals surface area contributed by atoms with Gasteiger partial charge < -0.3 is 19.7 Å². The number of piperidine rings is 1. The highest BCUT2D eigenvalue weighted by Gasteiger charge is 2.56. The molecule has 0 bridgehead atoms. The molecule has 3 atom stereocenters. The van der Waals surface area contributed by atoms with Gasteiger partial charge in [-0.2, -0.15) is 0 Å². The lowest BCUT2D eigenvalue weighted by Gasteiger charge is -2.36. The second-order valence-corrected chi connectivity index (χ2v) is 8.40. The molecular weight excluding hydrogens is 352 g/mol. The zero-order chi connectivity index (χ0) is 19.6. The van der Waals surface area contributed by atoms with Crippen LogP contribution in [-0.4, -0.2) is 50.3 Å². The van der Waals surface area contributed by atoms with Gasteiger partial charge in [0.05, 0.1) is 13.0 Å². The topological polar surface area (TPSA) is 50.8 Å². The minimum atomic E-state index is -0.345. The number of hydrogen-bond donors (Lipinski definition) is 1. The Morgan fingerprint density at radius 2 is 2.07 bits per heavy atom. The van der Waals surface area contributed by atoms with Crippen LogP contribution in [0, 0.1) is 11.3 Å². The van der Waals surface area contributed by atoms with Crippen LogP contribution in [0.3, 0.4) is 0 Å². The Labute approximate surface area is 168 Å². The number of methoxy groups -OCH3 is 2. The molecule has 3 aliphatic carbocycles. The van der Waals surface area contributed by atoms with Crippen LogP contribution in [0.5, 0.6) is 0 Å². The molecule has 4 aliphatic rings. The normalized spacial score (nSPS) is 31.1. The van der Waals surface area contributed by atoms with Gasteiger partial charge in [-0.3, -0.25) is 4.79 Å². The SMILES string of the molecule is COC1=CC=CC(C(=O)NC2CC23CCN(C2=CCC=CCC2)CC3)C1OC. The van der Waals surface area contributed by atoms with E-state index in [-0.39, 0.29) is 17.9 Å². The minimum Gasteiger partial charge on any atom is -0.498 e. The highest BCUT2D eigenvalue weighted by atomic mass is 16.5. The lowest BCUT2D eigenvalue weighted by molar-refractivity contribution is -0.127. The Kier molecular flexibility index (Phi) is 5.63. The Hall–Kier alpha value is -2.01. The number of ether oxygens (including phenoxy) is 2. The number of carbonyl (C=O) groups is 1. The van der Waals surface area contributed by atoms with Crippen molar-refractivity contribution < 1.29 is 14.3 Å². The molecule has 0 radical (unpaired) electrons. The first kappa shape index (κ1) is 19.3. The second kappa shape index (κ2) is 8.16. The molecule has 3 unspecified atom stereocenters. The number of allylic oxidation sites excluding steroid dienone is 6. The molecule has 1 aliphatic heterocycles. The van der Waals surface area contributed by atoms with Crippen LogP contribution in [0.1, 0.15) is 38.5 Å². The Morgan fingerprint density at radius 3 is 2.82 bits per heavy atom. The molecular formula is C23H32N2O3. The summed E-state index contributed by atoms with van der Waals surface area (Å²) < 4.78 is 10.9. The summed E-state index contributed by atoms with van der Waals surface area (Å²) in [7, 11) is 3.25. The van der Waals surface area contributed by atoms with Crippen molar-refractivity contribution in [2.75, 3.05) is 27.3 Å². The molecule has 28 heavy (non-hydrogen) atoms. The fourth-order valence-corrected chi connectivity index (χ4v) is 4.96. The number of nitrogens with zero attached hydrogens (tertiary/aromatic N) is 1. The number of likely N-dealkylation sites (tertiary alicyclic amines) is 1. The van der Waals surface area contributed by atoms with E-state index >= 15 is 0 Å². The molecule has 152 valence electrons. The standard InChI is InChI=1S/C23H32N2O3/c1-27-19-11-7-10-18(21(19)28-2)22(26)24-20-16-23(20)12-14-25(15-13-23)17-8-5-3-4-6-9-17/h3-4,7-8,10-11,18,20-21H,5-6,9,12-16H2,1-2H3,(H,24,26). The quantitative estimate of drug-likeness (QED) is 0.739. The van der Waals surface area contributed by atoms with Crippen LogP contribution in [-0.2, 0) is 14.3 Å². The summed E-state index contributed by atoms with van der Waals surface area (Å²) in [5.74, 6) is 0.425. The molecule has 0 aromatic heterocycles. The third-order valence-electron chi connectivity index (χ3n) is 6.87. The third kappa shape index (κ3) is 3.77. The summed E-state index contributed by atoms with van der Waals surface area (Å²) in [5.41, 5.74) is 1.81. The van der Waals surface area contributed by atoms with Crippen molar-refractivity contribution in [3.05, 3.63) is 47.9 Å². The van der Waals surface area contributed by atoms with Gasteiger partial charge in [0.25, 0.3) is 0 Å². The predicted octanol–water partition coefficient (Wildman–Crippen LogP) is 3.31. The van der Waals surface area contributed by atoms with Crippen molar-refractivity contribution in [3.63, 3.8) is 0 Å². The number of rotatable bonds is 5. The molecule has 1 N–H and O–H groups in total. The van der Waals surface area contributed by atoms with Gasteiger partial charge in [-0.15, -0.1) is 0 Å². The molecule has 5 nitrogen and oxygen atoms in total. The van der Waals surface area contributed by atoms with Crippen LogP contribution < -0.4 is 5.32 Å². The third-order valence-corrected chi connectivity index (χ3v) is 6.87. The molecule has 5 heteroatoms. The van der Waals surface area contributed by atoms with E-state index < -0.39 is 0 Å². The first-order valence-electron chi connectivity index (χ1n) is 10.5. The van der Waals surface area contributed by atoms with Crippen molar-refractivity contribution in [1.82, 2.24) is 10.2 Å². The van der Waals surface area contributed by atoms with Gasteiger partial charge in [0.15, 0.2) is 0 Å². The van der Waals surface area contributed by atoms with Crippen molar-refractivity contribution in [2.24, 2.45) is 11.3 Å². The van der Waals surface area contributed by atoms with Gasteiger partial charge in [0.1, 0.15) is 11.9 Å². The first-order valence-corrected chi connectivity index (χ1v) is 10.5. The van der Waals surface area contributed by atoms with Crippen molar-refractivity contribution in [3.8, 4) is 0 Å². The van der Waals surface area contributed by atoms with E-state index in [1.807, 2.05) is 18.2 Å². The first-order chi connectivity index (χ1) is 13.7. The zero-order valence-corrected chi connectivity index (χ0v) is 17.0. The molecule has 1 amide bonds. The van der Waals surface area contributed by atoms with Gasteiger partial charge >= 0.3 is 0 Å². The average molecular weight is 385 g/mol. The minimum absolute atomic E-state index is 0.0487. The van der Waals surface area contributed by atoms with Crippen LogP contribution in [0.15, 0.2) is 47.9 Å². The molecule has 1 saturated carbocycles. The monoisotopic (exact) mass is 384 g/mol.